The minimum absolute atomic E-state index is 0.0954. The van der Waals surface area contributed by atoms with E-state index in [1.165, 1.54) is 24.3 Å². The minimum atomic E-state index is -1.07. The van der Waals surface area contributed by atoms with Crippen molar-refractivity contribution in [2.75, 3.05) is 5.32 Å². The van der Waals surface area contributed by atoms with Crippen molar-refractivity contribution in [3.05, 3.63) is 61.6 Å². The fourth-order valence-electron chi connectivity index (χ4n) is 1.64. The molecule has 2 rings (SSSR count). The van der Waals surface area contributed by atoms with Gasteiger partial charge in [-0.25, -0.2) is 4.79 Å². The molecule has 0 fully saturated rings. The molecule has 0 aliphatic carbocycles. The molecule has 0 saturated carbocycles. The SMILES string of the molecule is O=C(O)c1cc(Nc2ccc([N+](=O)[O-])cc2Cl)ccc1Br. The first kappa shape index (κ1) is 15.3. The van der Waals surface area contributed by atoms with Crippen LogP contribution in [-0.4, -0.2) is 16.0 Å². The summed E-state index contributed by atoms with van der Waals surface area (Å²) in [5.74, 6) is -1.07. The molecule has 0 aliphatic heterocycles. The maximum absolute atomic E-state index is 11.1. The number of aromatic carboxylic acids is 1. The Kier molecular flexibility index (Phi) is 4.44. The molecule has 0 unspecified atom stereocenters. The zero-order valence-corrected chi connectivity index (χ0v) is 12.7. The lowest BCUT2D eigenvalue weighted by molar-refractivity contribution is -0.384. The van der Waals surface area contributed by atoms with Crippen LogP contribution in [0.1, 0.15) is 10.4 Å². The lowest BCUT2D eigenvalue weighted by Crippen LogP contribution is -2.00. The van der Waals surface area contributed by atoms with E-state index in [1.54, 1.807) is 12.1 Å². The lowest BCUT2D eigenvalue weighted by atomic mass is 10.2. The van der Waals surface area contributed by atoms with Crippen molar-refractivity contribution in [1.82, 2.24) is 0 Å². The molecule has 21 heavy (non-hydrogen) atoms. The Morgan fingerprint density at radius 2 is 2.00 bits per heavy atom. The molecule has 0 heterocycles. The van der Waals surface area contributed by atoms with Crippen LogP contribution in [0.25, 0.3) is 0 Å². The monoisotopic (exact) mass is 370 g/mol. The van der Waals surface area contributed by atoms with Gasteiger partial charge in [0, 0.05) is 22.3 Å². The molecular weight excluding hydrogens is 364 g/mol. The summed E-state index contributed by atoms with van der Waals surface area (Å²) < 4.78 is 0.454. The topological polar surface area (TPSA) is 92.5 Å². The van der Waals surface area contributed by atoms with Crippen LogP contribution in [0.5, 0.6) is 0 Å². The van der Waals surface area contributed by atoms with E-state index in [4.69, 9.17) is 16.7 Å². The largest absolute Gasteiger partial charge is 0.478 e. The smallest absolute Gasteiger partial charge is 0.336 e. The molecule has 0 radical (unpaired) electrons. The Morgan fingerprint density at radius 1 is 1.29 bits per heavy atom. The molecule has 6 nitrogen and oxygen atoms in total. The second-order valence-electron chi connectivity index (χ2n) is 4.05. The van der Waals surface area contributed by atoms with E-state index in [0.717, 1.165) is 0 Å². The first-order chi connectivity index (χ1) is 9.88. The minimum Gasteiger partial charge on any atom is -0.478 e. The van der Waals surface area contributed by atoms with Gasteiger partial charge < -0.3 is 10.4 Å². The van der Waals surface area contributed by atoms with Gasteiger partial charge in [0.1, 0.15) is 0 Å². The van der Waals surface area contributed by atoms with Gasteiger partial charge in [-0.2, -0.15) is 0 Å². The third-order valence-corrected chi connectivity index (χ3v) is 3.64. The van der Waals surface area contributed by atoms with Crippen molar-refractivity contribution >= 4 is 50.6 Å². The molecule has 2 aromatic carbocycles. The zero-order valence-electron chi connectivity index (χ0n) is 10.3. The Morgan fingerprint density at radius 3 is 2.57 bits per heavy atom. The predicted octanol–water partition coefficient (Wildman–Crippen LogP) is 4.45. The van der Waals surface area contributed by atoms with Gasteiger partial charge >= 0.3 is 5.97 Å². The summed E-state index contributed by atoms with van der Waals surface area (Å²) in [6, 6.07) is 8.68. The van der Waals surface area contributed by atoms with Crippen LogP contribution in [0.2, 0.25) is 5.02 Å². The van der Waals surface area contributed by atoms with Gasteiger partial charge in [0.2, 0.25) is 0 Å². The molecule has 8 heteroatoms. The third-order valence-electron chi connectivity index (χ3n) is 2.64. The quantitative estimate of drug-likeness (QED) is 0.612. The van der Waals surface area contributed by atoms with E-state index in [0.29, 0.717) is 15.8 Å². The highest BCUT2D eigenvalue weighted by Crippen LogP contribution is 2.30. The number of carbonyl (C=O) groups is 1. The number of carboxylic acids is 1. The number of hydrogen-bond acceptors (Lipinski definition) is 4. The summed E-state index contributed by atoms with van der Waals surface area (Å²) in [5, 5.41) is 22.8. The van der Waals surface area contributed by atoms with Crippen molar-refractivity contribution in [3.8, 4) is 0 Å². The fourth-order valence-corrected chi connectivity index (χ4v) is 2.28. The Balaban J connectivity index is 2.32. The number of rotatable bonds is 4. The van der Waals surface area contributed by atoms with Crippen molar-refractivity contribution in [2.24, 2.45) is 0 Å². The maximum Gasteiger partial charge on any atom is 0.336 e. The molecule has 0 saturated heterocycles. The standard InChI is InChI=1S/C13H8BrClN2O4/c14-10-3-1-7(5-9(10)13(18)19)16-12-4-2-8(17(20)21)6-11(12)15/h1-6,16H,(H,18,19). The highest BCUT2D eigenvalue weighted by molar-refractivity contribution is 9.10. The fraction of sp³-hybridized carbons (Fsp3) is 0. The third kappa shape index (κ3) is 3.50. The van der Waals surface area contributed by atoms with Crippen molar-refractivity contribution < 1.29 is 14.8 Å². The van der Waals surface area contributed by atoms with Crippen molar-refractivity contribution in [3.63, 3.8) is 0 Å². The van der Waals surface area contributed by atoms with E-state index in [9.17, 15) is 14.9 Å². The predicted molar refractivity (Wildman–Crippen MR) is 82.5 cm³/mol. The summed E-state index contributed by atoms with van der Waals surface area (Å²) in [6.07, 6.45) is 0. The van der Waals surface area contributed by atoms with Crippen LogP contribution in [-0.2, 0) is 0 Å². The number of nitrogens with one attached hydrogen (secondary N) is 1. The summed E-state index contributed by atoms with van der Waals surface area (Å²) >= 11 is 9.11. The second kappa shape index (κ2) is 6.11. The van der Waals surface area contributed by atoms with Gasteiger partial charge in [-0.15, -0.1) is 0 Å². The molecule has 108 valence electrons. The highest BCUT2D eigenvalue weighted by Gasteiger charge is 2.12. The first-order valence-corrected chi connectivity index (χ1v) is 6.79. The molecule has 0 amide bonds. The number of anilines is 2. The molecule has 0 atom stereocenters. The van der Waals surface area contributed by atoms with Crippen LogP contribution in [0.15, 0.2) is 40.9 Å². The summed E-state index contributed by atoms with van der Waals surface area (Å²) in [5.41, 5.74) is 0.929. The number of nitrogens with zero attached hydrogens (tertiary/aromatic N) is 1. The molecule has 0 aromatic heterocycles. The van der Waals surface area contributed by atoms with Gasteiger partial charge in [0.15, 0.2) is 0 Å². The van der Waals surface area contributed by atoms with Gasteiger partial charge in [-0.05, 0) is 40.2 Å². The highest BCUT2D eigenvalue weighted by atomic mass is 79.9. The van der Waals surface area contributed by atoms with E-state index >= 15 is 0 Å². The number of hydrogen-bond donors (Lipinski definition) is 2. The van der Waals surface area contributed by atoms with Crippen LogP contribution in [0.3, 0.4) is 0 Å². The second-order valence-corrected chi connectivity index (χ2v) is 5.31. The normalized spacial score (nSPS) is 10.2. The molecule has 2 N–H and O–H groups in total. The first-order valence-electron chi connectivity index (χ1n) is 5.62. The van der Waals surface area contributed by atoms with Crippen LogP contribution < -0.4 is 5.32 Å². The molecule has 0 spiro atoms. The van der Waals surface area contributed by atoms with Crippen LogP contribution in [0, 0.1) is 10.1 Å². The van der Waals surface area contributed by atoms with Crippen molar-refractivity contribution in [1.29, 1.82) is 0 Å². The number of carboxylic acid groups (broad SMARTS) is 1. The van der Waals surface area contributed by atoms with Gasteiger partial charge in [-0.1, -0.05) is 11.6 Å². The van der Waals surface area contributed by atoms with E-state index in [2.05, 4.69) is 21.2 Å². The van der Waals surface area contributed by atoms with Gasteiger partial charge in [-0.3, -0.25) is 10.1 Å². The van der Waals surface area contributed by atoms with E-state index in [1.807, 2.05) is 0 Å². The summed E-state index contributed by atoms with van der Waals surface area (Å²) in [6.45, 7) is 0. The average Bonchev–Trinajstić information content (AvgIpc) is 2.42. The summed E-state index contributed by atoms with van der Waals surface area (Å²) in [7, 11) is 0. The number of non-ortho nitro benzene ring substituents is 1. The van der Waals surface area contributed by atoms with Gasteiger partial charge in [0.05, 0.1) is 21.2 Å². The van der Waals surface area contributed by atoms with Crippen LogP contribution in [0.4, 0.5) is 17.1 Å². The van der Waals surface area contributed by atoms with Gasteiger partial charge in [0.25, 0.3) is 5.69 Å². The number of nitro benzene ring substituents is 1. The number of nitro groups is 1. The molecule has 0 aliphatic rings. The van der Waals surface area contributed by atoms with Crippen LogP contribution >= 0.6 is 27.5 Å². The Bertz CT molecular complexity index is 736. The maximum atomic E-state index is 11.1. The van der Waals surface area contributed by atoms with E-state index < -0.39 is 10.9 Å². The van der Waals surface area contributed by atoms with E-state index in [-0.39, 0.29) is 16.3 Å². The molecule has 0 bridgehead atoms. The summed E-state index contributed by atoms with van der Waals surface area (Å²) in [4.78, 5) is 21.1. The Hall–Kier alpha value is -2.12. The molecule has 2 aromatic rings. The number of halogens is 2. The number of benzene rings is 2. The molecular formula is C13H8BrClN2O4. The Labute approximate surface area is 132 Å². The van der Waals surface area contributed by atoms with Crippen molar-refractivity contribution in [2.45, 2.75) is 0 Å². The average molecular weight is 372 g/mol. The zero-order chi connectivity index (χ0) is 15.6. The lowest BCUT2D eigenvalue weighted by Gasteiger charge is -2.09.